The van der Waals surface area contributed by atoms with Gasteiger partial charge in [-0.1, -0.05) is 42.5 Å². The number of nitrogens with zero attached hydrogens (tertiary/aromatic N) is 7. The van der Waals surface area contributed by atoms with Crippen molar-refractivity contribution in [3.8, 4) is 0 Å². The molecule has 0 spiro atoms. The fourth-order valence-electron chi connectivity index (χ4n) is 4.67. The number of hydrogen-bond donors (Lipinski definition) is 2. The highest BCUT2D eigenvalue weighted by atomic mass is 19.1. The molecule has 2 N–H and O–H groups in total. The zero-order valence-corrected chi connectivity index (χ0v) is 24.4. The molecule has 4 aromatic rings. The highest BCUT2D eigenvalue weighted by Crippen LogP contribution is 2.36. The van der Waals surface area contributed by atoms with E-state index in [4.69, 9.17) is 4.98 Å². The van der Waals surface area contributed by atoms with Crippen LogP contribution in [0.5, 0.6) is 0 Å². The summed E-state index contributed by atoms with van der Waals surface area (Å²) in [5, 5.41) is 10.3. The molecular weight excluding hydrogens is 549 g/mol. The number of aromatic nitrogens is 4. The molecule has 0 unspecified atom stereocenters. The Morgan fingerprint density at radius 2 is 1.95 bits per heavy atom. The van der Waals surface area contributed by atoms with Gasteiger partial charge in [0, 0.05) is 42.8 Å². The lowest BCUT2D eigenvalue weighted by Crippen LogP contribution is -2.45. The molecule has 0 aliphatic carbocycles. The van der Waals surface area contributed by atoms with E-state index in [2.05, 4.69) is 20.7 Å². The van der Waals surface area contributed by atoms with Crippen LogP contribution in [-0.2, 0) is 24.4 Å². The fraction of sp³-hybridized carbons (Fsp3) is 0.258. The van der Waals surface area contributed by atoms with E-state index in [1.54, 1.807) is 47.6 Å². The number of fused-ring (bicyclic) bond motifs is 1. The van der Waals surface area contributed by atoms with Gasteiger partial charge in [0.05, 0.1) is 30.2 Å². The zero-order chi connectivity index (χ0) is 30.3. The molecule has 0 saturated carbocycles. The molecule has 1 aliphatic rings. The van der Waals surface area contributed by atoms with E-state index in [0.29, 0.717) is 48.2 Å². The Morgan fingerprint density at radius 1 is 1.14 bits per heavy atom. The van der Waals surface area contributed by atoms with Crippen LogP contribution in [0.4, 0.5) is 38.0 Å². The number of benzene rings is 2. The van der Waals surface area contributed by atoms with E-state index < -0.39 is 6.67 Å². The third-order valence-electron chi connectivity index (χ3n) is 6.71. The molecule has 1 aliphatic heterocycles. The van der Waals surface area contributed by atoms with Gasteiger partial charge in [-0.3, -0.25) is 9.48 Å². The molecule has 0 bridgehead atoms. The Balaban J connectivity index is 1.47. The van der Waals surface area contributed by atoms with E-state index >= 15 is 0 Å². The summed E-state index contributed by atoms with van der Waals surface area (Å²) in [6.07, 6.45) is 6.66. The van der Waals surface area contributed by atoms with Gasteiger partial charge < -0.3 is 20.4 Å². The van der Waals surface area contributed by atoms with Crippen molar-refractivity contribution in [3.63, 3.8) is 0 Å². The van der Waals surface area contributed by atoms with Crippen molar-refractivity contribution in [2.75, 3.05) is 42.8 Å². The number of urea groups is 1. The van der Waals surface area contributed by atoms with E-state index in [9.17, 15) is 14.0 Å². The van der Waals surface area contributed by atoms with Crippen molar-refractivity contribution in [2.24, 2.45) is 0 Å². The summed E-state index contributed by atoms with van der Waals surface area (Å²) in [6.45, 7) is 2.78. The van der Waals surface area contributed by atoms with Gasteiger partial charge in [-0.15, -0.1) is 0 Å². The van der Waals surface area contributed by atoms with Crippen molar-refractivity contribution in [3.05, 3.63) is 96.0 Å². The second-order valence-corrected chi connectivity index (χ2v) is 10.4. The second-order valence-electron chi connectivity index (χ2n) is 10.4. The Bertz CT molecular complexity index is 1620. The van der Waals surface area contributed by atoms with Crippen LogP contribution in [0, 0.1) is 6.92 Å². The summed E-state index contributed by atoms with van der Waals surface area (Å²) in [6, 6.07) is 16.6. The Labute approximate surface area is 249 Å². The number of halogens is 1. The molecular formula is C31H34FN9O2. The highest BCUT2D eigenvalue weighted by Gasteiger charge is 2.33. The molecule has 0 fully saturated rings. The predicted molar refractivity (Wildman–Crippen MR) is 164 cm³/mol. The van der Waals surface area contributed by atoms with Gasteiger partial charge in [-0.25, -0.2) is 19.1 Å². The largest absolute Gasteiger partial charge is 0.330 e. The van der Waals surface area contributed by atoms with Crippen LogP contribution < -0.4 is 15.5 Å². The number of hydrogen-bond acceptors (Lipinski definition) is 7. The second kappa shape index (κ2) is 13.3. The van der Waals surface area contributed by atoms with Crippen LogP contribution in [0.3, 0.4) is 0 Å². The van der Waals surface area contributed by atoms with Crippen LogP contribution in [-0.4, -0.2) is 68.8 Å². The topological polar surface area (TPSA) is 112 Å². The summed E-state index contributed by atoms with van der Waals surface area (Å²) in [7, 11) is 3.84. The molecule has 11 nitrogen and oxygen atoms in total. The molecule has 5 rings (SSSR count). The number of anilines is 5. The van der Waals surface area contributed by atoms with E-state index in [-0.39, 0.29) is 24.4 Å². The molecule has 2 aromatic carbocycles. The first-order valence-corrected chi connectivity index (χ1v) is 13.9. The summed E-state index contributed by atoms with van der Waals surface area (Å²) in [4.78, 5) is 41.0. The van der Waals surface area contributed by atoms with Crippen molar-refractivity contribution in [1.82, 2.24) is 29.5 Å². The first-order chi connectivity index (χ1) is 20.8. The molecule has 2 aromatic heterocycles. The van der Waals surface area contributed by atoms with Crippen LogP contribution in [0.2, 0.25) is 0 Å². The SMILES string of the molecule is Cc1nn(CCF)cc1Nc1ncc2c(n1)N(c1cccc(NC(=O)/C=C/CN(C)C)c1)C(=O)N(Cc1ccccc1)C2. The smallest absolute Gasteiger partial charge is 0.322 e. The number of carbonyl (C=O) groups is 2. The summed E-state index contributed by atoms with van der Waals surface area (Å²) in [5.74, 6) is 0.425. The average Bonchev–Trinajstić information content (AvgIpc) is 3.32. The molecule has 3 amide bonds. The van der Waals surface area contributed by atoms with Gasteiger partial charge in [0.25, 0.3) is 0 Å². The molecule has 0 radical (unpaired) electrons. The number of nitrogens with one attached hydrogen (secondary N) is 2. The molecule has 0 saturated heterocycles. The van der Waals surface area contributed by atoms with E-state index in [1.165, 1.54) is 15.7 Å². The van der Waals surface area contributed by atoms with Crippen LogP contribution in [0.1, 0.15) is 16.8 Å². The lowest BCUT2D eigenvalue weighted by molar-refractivity contribution is -0.111. The molecule has 3 heterocycles. The fourth-order valence-corrected chi connectivity index (χ4v) is 4.67. The predicted octanol–water partition coefficient (Wildman–Crippen LogP) is 5.02. The maximum Gasteiger partial charge on any atom is 0.330 e. The minimum Gasteiger partial charge on any atom is -0.322 e. The van der Waals surface area contributed by atoms with Gasteiger partial charge in [0.2, 0.25) is 11.9 Å². The maximum atomic E-state index is 14.0. The zero-order valence-electron chi connectivity index (χ0n) is 24.4. The van der Waals surface area contributed by atoms with Gasteiger partial charge in [0.15, 0.2) is 5.82 Å². The standard InChI is InChI=1S/C31H34FN9O2/c1-22-27(21-40(37-22)16-14-32)35-30-33-18-24-20-39(19-23-9-5-4-6-10-23)31(43)41(29(24)36-30)26-12-7-11-25(17-26)34-28(42)13-8-15-38(2)3/h4-13,17-18,21H,14-16,19-20H2,1-3H3,(H,34,42)(H,33,35,36)/b13-8+. The monoisotopic (exact) mass is 583 g/mol. The Hall–Kier alpha value is -5.10. The quantitative estimate of drug-likeness (QED) is 0.238. The summed E-state index contributed by atoms with van der Waals surface area (Å²) in [5.41, 5.74) is 4.13. The number of likely N-dealkylation sites (N-methyl/N-ethyl adjacent to an activating group) is 1. The summed E-state index contributed by atoms with van der Waals surface area (Å²) >= 11 is 0. The van der Waals surface area contributed by atoms with Crippen molar-refractivity contribution >= 4 is 40.8 Å². The van der Waals surface area contributed by atoms with E-state index in [1.807, 2.05) is 56.3 Å². The molecule has 222 valence electrons. The van der Waals surface area contributed by atoms with Gasteiger partial charge in [-0.2, -0.15) is 10.1 Å². The third-order valence-corrected chi connectivity index (χ3v) is 6.71. The van der Waals surface area contributed by atoms with Crippen molar-refractivity contribution in [1.29, 1.82) is 0 Å². The van der Waals surface area contributed by atoms with Gasteiger partial charge in [0.1, 0.15) is 6.67 Å². The number of carbonyl (C=O) groups excluding carboxylic acids is 2. The lowest BCUT2D eigenvalue weighted by atomic mass is 10.1. The Kier molecular flexibility index (Phi) is 9.06. The van der Waals surface area contributed by atoms with Gasteiger partial charge in [-0.05, 0) is 44.8 Å². The van der Waals surface area contributed by atoms with Crippen molar-refractivity contribution < 1.29 is 14.0 Å². The van der Waals surface area contributed by atoms with Gasteiger partial charge >= 0.3 is 6.03 Å². The minimum absolute atomic E-state index is 0.144. The number of alkyl halides is 1. The first kappa shape index (κ1) is 29.4. The molecule has 43 heavy (non-hydrogen) atoms. The number of amides is 3. The van der Waals surface area contributed by atoms with Crippen LogP contribution in [0.25, 0.3) is 0 Å². The molecule has 12 heteroatoms. The third kappa shape index (κ3) is 7.22. The minimum atomic E-state index is -0.529. The normalized spacial score (nSPS) is 13.1. The van der Waals surface area contributed by atoms with Crippen LogP contribution >= 0.6 is 0 Å². The average molecular weight is 584 g/mol. The summed E-state index contributed by atoms with van der Waals surface area (Å²) < 4.78 is 14.4. The molecule has 0 atom stereocenters. The lowest BCUT2D eigenvalue weighted by Gasteiger charge is -2.36. The number of aryl methyl sites for hydroxylation is 2. The Morgan fingerprint density at radius 3 is 2.72 bits per heavy atom. The van der Waals surface area contributed by atoms with Crippen LogP contribution in [0.15, 0.2) is 79.1 Å². The van der Waals surface area contributed by atoms with Crippen molar-refractivity contribution in [2.45, 2.75) is 26.6 Å². The number of rotatable bonds is 11. The van der Waals surface area contributed by atoms with E-state index in [0.717, 1.165) is 11.1 Å². The first-order valence-electron chi connectivity index (χ1n) is 13.9. The highest BCUT2D eigenvalue weighted by molar-refractivity contribution is 6.03. The maximum absolute atomic E-state index is 14.0.